The Morgan fingerprint density at radius 1 is 1.41 bits per heavy atom. The molecule has 0 aliphatic carbocycles. The lowest BCUT2D eigenvalue weighted by atomic mass is 9.75. The highest BCUT2D eigenvalue weighted by atomic mass is 16.5. The number of carbonyl (C=O) groups is 2. The lowest BCUT2D eigenvalue weighted by Crippen LogP contribution is -2.46. The van der Waals surface area contributed by atoms with E-state index in [0.29, 0.717) is 43.0 Å². The van der Waals surface area contributed by atoms with E-state index in [1.807, 2.05) is 13.8 Å². The van der Waals surface area contributed by atoms with Crippen LogP contribution in [-0.4, -0.2) is 49.9 Å². The second-order valence-electron chi connectivity index (χ2n) is 7.53. The molecule has 1 saturated heterocycles. The van der Waals surface area contributed by atoms with Crippen molar-refractivity contribution in [1.82, 2.24) is 5.32 Å². The summed E-state index contributed by atoms with van der Waals surface area (Å²) in [5.74, 6) is -0.704. The van der Waals surface area contributed by atoms with E-state index < -0.39 is 19.1 Å². The molecule has 2 aliphatic heterocycles. The van der Waals surface area contributed by atoms with Crippen LogP contribution in [0.4, 0.5) is 0 Å². The molecule has 2 N–H and O–H groups in total. The van der Waals surface area contributed by atoms with Gasteiger partial charge in [0.05, 0.1) is 19.8 Å². The summed E-state index contributed by atoms with van der Waals surface area (Å²) in [4.78, 5) is 25.3. The summed E-state index contributed by atoms with van der Waals surface area (Å²) >= 11 is 0. The van der Waals surface area contributed by atoms with Crippen LogP contribution in [0.5, 0.6) is 0 Å². The Kier molecular flexibility index (Phi) is 6.19. The zero-order valence-electron chi connectivity index (χ0n) is 16.0. The number of hydrogen-bond acceptors (Lipinski definition) is 6. The van der Waals surface area contributed by atoms with Gasteiger partial charge in [0.1, 0.15) is 6.04 Å². The number of hydrogen-bond donors (Lipinski definition) is 2. The van der Waals surface area contributed by atoms with Gasteiger partial charge in [-0.3, -0.25) is 4.79 Å². The maximum Gasteiger partial charge on any atom is 0.492 e. The van der Waals surface area contributed by atoms with Gasteiger partial charge < -0.3 is 24.5 Å². The third kappa shape index (κ3) is 4.34. The van der Waals surface area contributed by atoms with Gasteiger partial charge in [0.2, 0.25) is 0 Å². The fourth-order valence-electron chi connectivity index (χ4n) is 3.47. The zero-order chi connectivity index (χ0) is 19.6. The molecule has 2 heterocycles. The van der Waals surface area contributed by atoms with Crippen LogP contribution in [-0.2, 0) is 25.5 Å². The summed E-state index contributed by atoms with van der Waals surface area (Å²) < 4.78 is 15.9. The Morgan fingerprint density at radius 2 is 2.19 bits per heavy atom. The van der Waals surface area contributed by atoms with Crippen molar-refractivity contribution in [1.29, 1.82) is 0 Å². The van der Waals surface area contributed by atoms with E-state index in [0.717, 1.165) is 12.0 Å². The summed E-state index contributed by atoms with van der Waals surface area (Å²) in [5, 5.41) is 12.7. The number of esters is 1. The molecule has 1 aromatic rings. The minimum Gasteiger partial charge on any atom is -0.464 e. The molecule has 2 atom stereocenters. The van der Waals surface area contributed by atoms with E-state index in [1.54, 1.807) is 19.1 Å². The quantitative estimate of drug-likeness (QED) is 0.557. The standard InChI is InChI=1S/C19H26BNO6/c1-11(2)17(19(23)26-9-13-6-7-25-8-13)21-18(22)15-5-4-14-10-27-20(24)16(14)12(15)3/h4-5,11,13,17,24H,6-10H2,1-3H3,(H,21,22)/t13-,17-/m0/s1. The summed E-state index contributed by atoms with van der Waals surface area (Å²) in [7, 11) is -1.02. The van der Waals surface area contributed by atoms with Crippen LogP contribution in [0.2, 0.25) is 0 Å². The molecule has 2 aliphatic rings. The first kappa shape index (κ1) is 19.9. The minimum atomic E-state index is -1.02. The molecule has 0 saturated carbocycles. The highest BCUT2D eigenvalue weighted by Crippen LogP contribution is 2.18. The fourth-order valence-corrected chi connectivity index (χ4v) is 3.47. The molecule has 146 valence electrons. The summed E-state index contributed by atoms with van der Waals surface area (Å²) in [6, 6.07) is 2.73. The van der Waals surface area contributed by atoms with Gasteiger partial charge in [-0.15, -0.1) is 0 Å². The first-order valence-corrected chi connectivity index (χ1v) is 9.35. The van der Waals surface area contributed by atoms with Crippen LogP contribution >= 0.6 is 0 Å². The topological polar surface area (TPSA) is 94.1 Å². The molecule has 0 bridgehead atoms. The van der Waals surface area contributed by atoms with Crippen LogP contribution in [0.25, 0.3) is 0 Å². The van der Waals surface area contributed by atoms with Crippen LogP contribution in [0, 0.1) is 18.8 Å². The van der Waals surface area contributed by atoms with Gasteiger partial charge in [0.25, 0.3) is 5.91 Å². The lowest BCUT2D eigenvalue weighted by molar-refractivity contribution is -0.148. The van der Waals surface area contributed by atoms with Gasteiger partial charge in [-0.25, -0.2) is 4.79 Å². The lowest BCUT2D eigenvalue weighted by Gasteiger charge is -2.22. The van der Waals surface area contributed by atoms with E-state index in [1.165, 1.54) is 0 Å². The molecular formula is C19H26BNO6. The Balaban J connectivity index is 1.68. The predicted molar refractivity (Wildman–Crippen MR) is 99.6 cm³/mol. The molecule has 0 aromatic heterocycles. The smallest absolute Gasteiger partial charge is 0.464 e. The predicted octanol–water partition coefficient (Wildman–Crippen LogP) is 0.547. The van der Waals surface area contributed by atoms with Crippen molar-refractivity contribution in [3.63, 3.8) is 0 Å². The van der Waals surface area contributed by atoms with E-state index in [2.05, 4.69) is 5.32 Å². The maximum absolute atomic E-state index is 12.8. The Labute approximate surface area is 159 Å². The van der Waals surface area contributed by atoms with Gasteiger partial charge in [-0.2, -0.15) is 0 Å². The molecule has 1 amide bonds. The van der Waals surface area contributed by atoms with Crippen molar-refractivity contribution >= 4 is 24.5 Å². The van der Waals surface area contributed by atoms with Crippen LogP contribution < -0.4 is 10.8 Å². The van der Waals surface area contributed by atoms with Crippen molar-refractivity contribution < 1.29 is 28.7 Å². The normalized spacial score (nSPS) is 19.9. The molecule has 7 nitrogen and oxygen atoms in total. The van der Waals surface area contributed by atoms with Gasteiger partial charge in [-0.05, 0) is 41.9 Å². The highest BCUT2D eigenvalue weighted by Gasteiger charge is 2.33. The average Bonchev–Trinajstić information content (AvgIpc) is 3.27. The van der Waals surface area contributed by atoms with Crippen molar-refractivity contribution in [3.8, 4) is 0 Å². The molecule has 0 unspecified atom stereocenters. The van der Waals surface area contributed by atoms with Crippen LogP contribution in [0.15, 0.2) is 12.1 Å². The molecule has 27 heavy (non-hydrogen) atoms. The second kappa shape index (κ2) is 8.41. The Morgan fingerprint density at radius 3 is 2.85 bits per heavy atom. The molecule has 8 heteroatoms. The average molecular weight is 375 g/mol. The Hall–Kier alpha value is -1.90. The number of rotatable bonds is 6. The third-order valence-corrected chi connectivity index (χ3v) is 5.19. The number of amides is 1. The van der Waals surface area contributed by atoms with Crippen LogP contribution in [0.1, 0.15) is 41.8 Å². The number of carbonyl (C=O) groups excluding carboxylic acids is 2. The molecule has 0 spiro atoms. The number of nitrogens with one attached hydrogen (secondary N) is 1. The molecule has 1 fully saturated rings. The maximum atomic E-state index is 12.8. The van der Waals surface area contributed by atoms with Crippen molar-refractivity contribution in [2.75, 3.05) is 19.8 Å². The largest absolute Gasteiger partial charge is 0.492 e. The van der Waals surface area contributed by atoms with Crippen molar-refractivity contribution in [3.05, 3.63) is 28.8 Å². The van der Waals surface area contributed by atoms with Gasteiger partial charge in [-0.1, -0.05) is 19.9 Å². The second-order valence-corrected chi connectivity index (χ2v) is 7.53. The van der Waals surface area contributed by atoms with Crippen molar-refractivity contribution in [2.45, 2.75) is 39.8 Å². The highest BCUT2D eigenvalue weighted by molar-refractivity contribution is 6.62. The van der Waals surface area contributed by atoms with Crippen molar-refractivity contribution in [2.24, 2.45) is 11.8 Å². The fraction of sp³-hybridized carbons (Fsp3) is 0.579. The molecule has 3 rings (SSSR count). The first-order chi connectivity index (χ1) is 12.9. The molecule has 0 radical (unpaired) electrons. The van der Waals surface area contributed by atoms with E-state index in [9.17, 15) is 14.6 Å². The number of fused-ring (bicyclic) bond motifs is 1. The first-order valence-electron chi connectivity index (χ1n) is 9.35. The third-order valence-electron chi connectivity index (χ3n) is 5.19. The Bertz CT molecular complexity index is 716. The minimum absolute atomic E-state index is 0.120. The van der Waals surface area contributed by atoms with E-state index in [-0.39, 0.29) is 17.7 Å². The summed E-state index contributed by atoms with van der Waals surface area (Å²) in [5.41, 5.74) is 2.58. The van der Waals surface area contributed by atoms with Gasteiger partial charge in [0, 0.05) is 18.1 Å². The summed E-state index contributed by atoms with van der Waals surface area (Å²) in [6.07, 6.45) is 0.880. The monoisotopic (exact) mass is 375 g/mol. The van der Waals surface area contributed by atoms with Gasteiger partial charge >= 0.3 is 13.1 Å². The van der Waals surface area contributed by atoms with E-state index in [4.69, 9.17) is 14.1 Å². The van der Waals surface area contributed by atoms with Crippen LogP contribution in [0.3, 0.4) is 0 Å². The number of ether oxygens (including phenoxy) is 2. The SMILES string of the molecule is Cc1c(C(=O)N[C@H](C(=O)OC[C@H]2CCOC2)C(C)C)ccc2c1B(O)OC2. The zero-order valence-corrected chi connectivity index (χ0v) is 16.0. The van der Waals surface area contributed by atoms with Gasteiger partial charge in [0.15, 0.2) is 0 Å². The number of benzene rings is 1. The van der Waals surface area contributed by atoms with E-state index >= 15 is 0 Å². The molecule has 1 aromatic carbocycles. The molecular weight excluding hydrogens is 349 g/mol. The summed E-state index contributed by atoms with van der Waals surface area (Å²) in [6.45, 7) is 7.42.